The Labute approximate surface area is 180 Å². The number of allylic oxidation sites excluding steroid dienone is 1. The molecule has 1 spiro atoms. The molecule has 6 nitrogen and oxygen atoms in total. The second kappa shape index (κ2) is 7.61. The van der Waals surface area contributed by atoms with E-state index in [0.29, 0.717) is 30.9 Å². The summed E-state index contributed by atoms with van der Waals surface area (Å²) in [6.45, 7) is 0.606. The minimum Gasteiger partial charge on any atom is -0.493 e. The summed E-state index contributed by atoms with van der Waals surface area (Å²) in [7, 11) is 1.59. The summed E-state index contributed by atoms with van der Waals surface area (Å²) in [5.74, 6) is 1.27. The minimum atomic E-state index is -0.628. The Kier molecular flexibility index (Phi) is 4.77. The number of methoxy groups -OCH3 is 1. The Balaban J connectivity index is 1.48. The van der Waals surface area contributed by atoms with E-state index in [1.807, 2.05) is 54.6 Å². The predicted octanol–water partition coefficient (Wildman–Crippen LogP) is 4.24. The minimum absolute atomic E-state index is 0.0365. The van der Waals surface area contributed by atoms with Crippen LogP contribution in [0.2, 0.25) is 0 Å². The molecule has 0 radical (unpaired) electrons. The maximum Gasteiger partial charge on any atom is 0.414 e. The van der Waals surface area contributed by atoms with Gasteiger partial charge in [0.25, 0.3) is 0 Å². The van der Waals surface area contributed by atoms with Crippen molar-refractivity contribution in [3.8, 4) is 11.5 Å². The fraction of sp³-hybridized carbons (Fsp3) is 0.280. The highest BCUT2D eigenvalue weighted by atomic mass is 16.6. The van der Waals surface area contributed by atoms with Crippen molar-refractivity contribution < 1.29 is 23.8 Å². The molecular weight excluding hydrogens is 394 g/mol. The van der Waals surface area contributed by atoms with Gasteiger partial charge >= 0.3 is 6.09 Å². The third-order valence-corrected chi connectivity index (χ3v) is 6.21. The summed E-state index contributed by atoms with van der Waals surface area (Å²) in [5, 5.41) is 0. The molecular formula is C25H23NO5. The first-order valence-corrected chi connectivity index (χ1v) is 10.4. The topological polar surface area (TPSA) is 65.1 Å². The van der Waals surface area contributed by atoms with Gasteiger partial charge in [-0.1, -0.05) is 48.6 Å². The van der Waals surface area contributed by atoms with Crippen LogP contribution < -0.4 is 9.47 Å². The van der Waals surface area contributed by atoms with Crippen LogP contribution in [-0.2, 0) is 21.6 Å². The van der Waals surface area contributed by atoms with Gasteiger partial charge in [0.1, 0.15) is 6.61 Å². The number of carbonyl (C=O) groups is 2. The van der Waals surface area contributed by atoms with Crippen molar-refractivity contribution in [2.75, 3.05) is 13.7 Å². The van der Waals surface area contributed by atoms with Crippen LogP contribution in [0.5, 0.6) is 11.5 Å². The maximum absolute atomic E-state index is 12.8. The number of amides is 1. The van der Waals surface area contributed by atoms with Crippen molar-refractivity contribution in [1.29, 1.82) is 0 Å². The lowest BCUT2D eigenvalue weighted by Crippen LogP contribution is -2.47. The molecule has 2 aromatic carbocycles. The zero-order valence-corrected chi connectivity index (χ0v) is 17.2. The number of benzene rings is 2. The van der Waals surface area contributed by atoms with Crippen LogP contribution in [0.3, 0.4) is 0 Å². The van der Waals surface area contributed by atoms with Crippen LogP contribution in [0.15, 0.2) is 60.8 Å². The van der Waals surface area contributed by atoms with Gasteiger partial charge in [-0.2, -0.15) is 0 Å². The fourth-order valence-corrected chi connectivity index (χ4v) is 4.69. The van der Waals surface area contributed by atoms with Crippen LogP contribution >= 0.6 is 0 Å². The van der Waals surface area contributed by atoms with Crippen molar-refractivity contribution >= 4 is 18.0 Å². The molecule has 158 valence electrons. The van der Waals surface area contributed by atoms with E-state index in [1.165, 1.54) is 0 Å². The maximum atomic E-state index is 12.8. The van der Waals surface area contributed by atoms with E-state index in [-0.39, 0.29) is 12.4 Å². The van der Waals surface area contributed by atoms with Crippen LogP contribution in [0.1, 0.15) is 29.5 Å². The molecule has 3 aliphatic rings. The zero-order valence-electron chi connectivity index (χ0n) is 17.2. The van der Waals surface area contributed by atoms with Gasteiger partial charge in [0.05, 0.1) is 12.5 Å². The van der Waals surface area contributed by atoms with E-state index in [1.54, 1.807) is 18.2 Å². The molecule has 2 atom stereocenters. The van der Waals surface area contributed by atoms with Crippen LogP contribution in [0.25, 0.3) is 6.08 Å². The van der Waals surface area contributed by atoms with Crippen molar-refractivity contribution in [3.05, 3.63) is 77.5 Å². The number of carbonyl (C=O) groups excluding carboxylic acids is 2. The quantitative estimate of drug-likeness (QED) is 0.699. The lowest BCUT2D eigenvalue weighted by Gasteiger charge is -2.36. The highest BCUT2D eigenvalue weighted by Crippen LogP contribution is 2.54. The van der Waals surface area contributed by atoms with E-state index in [9.17, 15) is 9.59 Å². The number of ketones is 1. The van der Waals surface area contributed by atoms with Gasteiger partial charge in [-0.25, -0.2) is 4.79 Å². The molecule has 2 heterocycles. The van der Waals surface area contributed by atoms with Crippen LogP contribution in [-0.4, -0.2) is 36.5 Å². The molecule has 0 unspecified atom stereocenters. The van der Waals surface area contributed by atoms with Crippen LogP contribution in [0.4, 0.5) is 4.79 Å². The second-order valence-corrected chi connectivity index (χ2v) is 7.97. The Bertz CT molecular complexity index is 1090. The van der Waals surface area contributed by atoms with Gasteiger partial charge < -0.3 is 14.2 Å². The zero-order chi connectivity index (χ0) is 21.4. The smallest absolute Gasteiger partial charge is 0.414 e. The second-order valence-electron chi connectivity index (χ2n) is 7.97. The highest BCUT2D eigenvalue weighted by Gasteiger charge is 2.54. The number of hydrogen-bond donors (Lipinski definition) is 0. The van der Waals surface area contributed by atoms with Crippen LogP contribution in [0, 0.1) is 0 Å². The van der Waals surface area contributed by atoms with Gasteiger partial charge in [0.15, 0.2) is 23.4 Å². The number of ether oxygens (including phenoxy) is 3. The summed E-state index contributed by atoms with van der Waals surface area (Å²) >= 11 is 0. The number of hydrogen-bond acceptors (Lipinski definition) is 5. The van der Waals surface area contributed by atoms with Gasteiger partial charge in [-0.05, 0) is 29.7 Å². The molecule has 1 aliphatic carbocycles. The monoisotopic (exact) mass is 417 g/mol. The van der Waals surface area contributed by atoms with Crippen molar-refractivity contribution in [3.63, 3.8) is 0 Å². The average Bonchev–Trinajstić information content (AvgIpc) is 3.13. The van der Waals surface area contributed by atoms with Gasteiger partial charge in [0, 0.05) is 24.7 Å². The molecule has 0 bridgehead atoms. The molecule has 5 rings (SSSR count). The summed E-state index contributed by atoms with van der Waals surface area (Å²) in [4.78, 5) is 27.1. The lowest BCUT2D eigenvalue weighted by atomic mass is 9.68. The third-order valence-electron chi connectivity index (χ3n) is 6.21. The van der Waals surface area contributed by atoms with Gasteiger partial charge in [0.2, 0.25) is 0 Å². The summed E-state index contributed by atoms with van der Waals surface area (Å²) in [6, 6.07) is 13.3. The van der Waals surface area contributed by atoms with E-state index in [4.69, 9.17) is 14.2 Å². The molecule has 2 aliphatic heterocycles. The Morgan fingerprint density at radius 1 is 1.23 bits per heavy atom. The predicted molar refractivity (Wildman–Crippen MR) is 115 cm³/mol. The number of rotatable bonds is 3. The molecule has 0 saturated heterocycles. The van der Waals surface area contributed by atoms with E-state index in [0.717, 1.165) is 16.7 Å². The molecule has 6 heteroatoms. The molecule has 0 saturated carbocycles. The normalized spacial score (nSPS) is 24.4. The van der Waals surface area contributed by atoms with E-state index < -0.39 is 17.6 Å². The number of Topliss-reactive ketones (excluding diaryl/α,β-unsaturated/α-hetero) is 1. The molecule has 31 heavy (non-hydrogen) atoms. The molecule has 0 fully saturated rings. The standard InChI is InChI=1S/C25H23NO5/c1-29-20-10-9-18-11-14-26(24(28)30-16-17-6-3-2-4-7-17)15-13-25-12-5-8-19(27)23(25)31-22(20)21(18)25/h2-7,9-12,14,23H,8,13,15-16H2,1H3/b14-11-/t23-,25+/m0/s1. The first-order valence-electron chi connectivity index (χ1n) is 10.4. The SMILES string of the molecule is COc1ccc2c3c1O[C@H]1C(=O)CC=C[C@@]31CCN(C(=O)OCc1ccccc1)/C=C\2. The molecule has 2 aromatic rings. The Morgan fingerprint density at radius 2 is 2.06 bits per heavy atom. The highest BCUT2D eigenvalue weighted by molar-refractivity contribution is 5.91. The third kappa shape index (κ3) is 3.19. The first-order chi connectivity index (χ1) is 15.1. The fourth-order valence-electron chi connectivity index (χ4n) is 4.69. The molecule has 0 aromatic heterocycles. The number of nitrogens with zero attached hydrogens (tertiary/aromatic N) is 1. The Morgan fingerprint density at radius 3 is 2.87 bits per heavy atom. The average molecular weight is 417 g/mol. The first kappa shape index (κ1) is 19.4. The molecule has 0 N–H and O–H groups in total. The van der Waals surface area contributed by atoms with E-state index >= 15 is 0 Å². The van der Waals surface area contributed by atoms with Crippen molar-refractivity contribution in [2.24, 2.45) is 0 Å². The summed E-state index contributed by atoms with van der Waals surface area (Å²) < 4.78 is 17.2. The molecule has 1 amide bonds. The van der Waals surface area contributed by atoms with Gasteiger partial charge in [-0.3, -0.25) is 9.69 Å². The summed E-state index contributed by atoms with van der Waals surface area (Å²) in [5.41, 5.74) is 2.16. The largest absolute Gasteiger partial charge is 0.493 e. The van der Waals surface area contributed by atoms with Crippen molar-refractivity contribution in [2.45, 2.75) is 31.0 Å². The van der Waals surface area contributed by atoms with E-state index in [2.05, 4.69) is 6.08 Å². The van der Waals surface area contributed by atoms with Crippen molar-refractivity contribution in [1.82, 2.24) is 4.90 Å². The van der Waals surface area contributed by atoms with Gasteiger partial charge in [-0.15, -0.1) is 0 Å². The lowest BCUT2D eigenvalue weighted by molar-refractivity contribution is -0.126. The Hall–Kier alpha value is -3.54. The summed E-state index contributed by atoms with van der Waals surface area (Å²) in [6.07, 6.45) is 7.44.